The second-order valence-electron chi connectivity index (χ2n) is 10.6. The molecule has 2 aliphatic carbocycles. The highest BCUT2D eigenvalue weighted by Crippen LogP contribution is 2.34. The summed E-state index contributed by atoms with van der Waals surface area (Å²) >= 11 is 0. The lowest BCUT2D eigenvalue weighted by molar-refractivity contribution is 0.184. The minimum Gasteiger partial charge on any atom is -0.299 e. The third-order valence-electron chi connectivity index (χ3n) is 7.49. The maximum atomic E-state index is 2.61. The van der Waals surface area contributed by atoms with Crippen LogP contribution in [0.3, 0.4) is 0 Å². The number of rotatable bonds is 5. The molecule has 1 nitrogen and oxygen atoms in total. The zero-order valence-corrected chi connectivity index (χ0v) is 21.5. The topological polar surface area (TPSA) is 3.24 Å². The van der Waals surface area contributed by atoms with E-state index in [1.54, 1.807) is 0 Å². The molecule has 0 saturated heterocycles. The van der Waals surface area contributed by atoms with Crippen molar-refractivity contribution in [3.05, 3.63) is 88.0 Å². The molecular weight excluding hydrogens is 398 g/mol. The average Bonchev–Trinajstić information content (AvgIpc) is 2.95. The Labute approximate surface area is 201 Å². The van der Waals surface area contributed by atoms with E-state index in [-0.39, 0.29) is 0 Å². The second-order valence-corrected chi connectivity index (χ2v) is 10.6. The normalized spacial score (nSPS) is 19.4. The number of hydrogen-bond donors (Lipinski definition) is 0. The molecule has 0 aromatic heterocycles. The molecule has 1 fully saturated rings. The SMILES string of the molecule is CC1=CC(c2cc(-c3cc(C)cc(C)c3)cc(CN(C)C3CCCCC3)c2C)=CC(C)C=C1. The molecule has 174 valence electrons. The van der Waals surface area contributed by atoms with Gasteiger partial charge >= 0.3 is 0 Å². The molecule has 33 heavy (non-hydrogen) atoms. The zero-order chi connectivity index (χ0) is 23.5. The first-order chi connectivity index (χ1) is 15.8. The maximum Gasteiger partial charge on any atom is 0.0236 e. The molecular formula is C32H41N. The Bertz CT molecular complexity index is 1070. The van der Waals surface area contributed by atoms with Crippen molar-refractivity contribution in [3.8, 4) is 11.1 Å². The second kappa shape index (κ2) is 10.3. The lowest BCUT2D eigenvalue weighted by atomic mass is 9.88. The fourth-order valence-corrected chi connectivity index (χ4v) is 5.62. The highest BCUT2D eigenvalue weighted by molar-refractivity contribution is 5.82. The molecule has 2 aromatic rings. The Morgan fingerprint density at radius 1 is 0.848 bits per heavy atom. The summed E-state index contributed by atoms with van der Waals surface area (Å²) in [5.74, 6) is 0.436. The Morgan fingerprint density at radius 3 is 2.21 bits per heavy atom. The van der Waals surface area contributed by atoms with Crippen molar-refractivity contribution < 1.29 is 0 Å². The predicted octanol–water partition coefficient (Wildman–Crippen LogP) is 8.58. The Kier molecular flexibility index (Phi) is 7.39. The van der Waals surface area contributed by atoms with Gasteiger partial charge in [0.25, 0.3) is 0 Å². The summed E-state index contributed by atoms with van der Waals surface area (Å²) in [7, 11) is 2.33. The van der Waals surface area contributed by atoms with Gasteiger partial charge in [-0.2, -0.15) is 0 Å². The number of allylic oxidation sites excluding steroid dienone is 6. The molecule has 2 aliphatic rings. The standard InChI is InChI=1S/C32H41N/c1-22-12-13-23(2)16-29(15-22)32-20-28(27-17-24(3)14-25(4)18-27)19-30(26(32)5)21-33(6)31-10-8-7-9-11-31/h12-20,22,31H,7-11,21H2,1-6H3. The molecule has 1 saturated carbocycles. The third-order valence-corrected chi connectivity index (χ3v) is 7.49. The Morgan fingerprint density at radius 2 is 1.52 bits per heavy atom. The zero-order valence-electron chi connectivity index (χ0n) is 21.5. The lowest BCUT2D eigenvalue weighted by Crippen LogP contribution is -2.33. The molecule has 0 aliphatic heterocycles. The lowest BCUT2D eigenvalue weighted by Gasteiger charge is -2.32. The molecule has 0 amide bonds. The number of hydrogen-bond acceptors (Lipinski definition) is 1. The van der Waals surface area contributed by atoms with E-state index in [1.165, 1.54) is 82.2 Å². The van der Waals surface area contributed by atoms with Crippen LogP contribution < -0.4 is 0 Å². The van der Waals surface area contributed by atoms with Crippen LogP contribution >= 0.6 is 0 Å². The van der Waals surface area contributed by atoms with Crippen LogP contribution in [0.1, 0.15) is 73.8 Å². The van der Waals surface area contributed by atoms with Crippen LogP contribution in [0, 0.1) is 26.7 Å². The minimum atomic E-state index is 0.436. The van der Waals surface area contributed by atoms with Crippen LogP contribution in [0.5, 0.6) is 0 Å². The van der Waals surface area contributed by atoms with Gasteiger partial charge in [-0.1, -0.05) is 85.4 Å². The third kappa shape index (κ3) is 5.76. The van der Waals surface area contributed by atoms with Crippen LogP contribution in [-0.4, -0.2) is 18.0 Å². The van der Waals surface area contributed by atoms with E-state index in [2.05, 4.69) is 101 Å². The van der Waals surface area contributed by atoms with Gasteiger partial charge in [-0.15, -0.1) is 0 Å². The summed E-state index contributed by atoms with van der Waals surface area (Å²) < 4.78 is 0. The van der Waals surface area contributed by atoms with E-state index in [0.29, 0.717) is 5.92 Å². The van der Waals surface area contributed by atoms with E-state index in [0.717, 1.165) is 12.6 Å². The summed E-state index contributed by atoms with van der Waals surface area (Å²) in [5.41, 5.74) is 12.3. The molecule has 0 N–H and O–H groups in total. The fourth-order valence-electron chi connectivity index (χ4n) is 5.62. The van der Waals surface area contributed by atoms with E-state index >= 15 is 0 Å². The van der Waals surface area contributed by atoms with Gasteiger partial charge in [-0.25, -0.2) is 0 Å². The summed E-state index contributed by atoms with van der Waals surface area (Å²) in [4.78, 5) is 2.61. The van der Waals surface area contributed by atoms with Crippen molar-refractivity contribution in [3.63, 3.8) is 0 Å². The van der Waals surface area contributed by atoms with Crippen molar-refractivity contribution in [1.29, 1.82) is 0 Å². The summed E-state index contributed by atoms with van der Waals surface area (Å²) in [5, 5.41) is 0. The Balaban J connectivity index is 1.81. The van der Waals surface area contributed by atoms with Crippen molar-refractivity contribution in [1.82, 2.24) is 4.90 Å². The van der Waals surface area contributed by atoms with Crippen LogP contribution in [-0.2, 0) is 6.54 Å². The summed E-state index contributed by atoms with van der Waals surface area (Å²) in [6.45, 7) is 12.3. The van der Waals surface area contributed by atoms with Crippen LogP contribution in [0.4, 0.5) is 0 Å². The molecule has 0 bridgehead atoms. The number of aryl methyl sites for hydroxylation is 2. The van der Waals surface area contributed by atoms with Gasteiger partial charge in [0.05, 0.1) is 0 Å². The van der Waals surface area contributed by atoms with E-state index in [4.69, 9.17) is 0 Å². The monoisotopic (exact) mass is 439 g/mol. The van der Waals surface area contributed by atoms with E-state index in [1.807, 2.05) is 0 Å². The Hall–Kier alpha value is -2.38. The number of nitrogens with zero attached hydrogens (tertiary/aromatic N) is 1. The first kappa shape index (κ1) is 23.8. The first-order valence-corrected chi connectivity index (χ1v) is 12.8. The molecule has 0 heterocycles. The molecule has 0 spiro atoms. The molecule has 1 unspecified atom stereocenters. The van der Waals surface area contributed by atoms with Gasteiger partial charge in [0.2, 0.25) is 0 Å². The van der Waals surface area contributed by atoms with Crippen molar-refractivity contribution in [2.45, 2.75) is 79.3 Å². The average molecular weight is 440 g/mol. The van der Waals surface area contributed by atoms with Crippen LogP contribution in [0.2, 0.25) is 0 Å². The fraction of sp³-hybridized carbons (Fsp3) is 0.438. The van der Waals surface area contributed by atoms with Gasteiger partial charge in [0, 0.05) is 12.6 Å². The molecule has 2 aromatic carbocycles. The highest BCUT2D eigenvalue weighted by Gasteiger charge is 2.20. The molecule has 4 rings (SSSR count). The molecule has 1 atom stereocenters. The largest absolute Gasteiger partial charge is 0.299 e. The molecule has 1 heteroatoms. The predicted molar refractivity (Wildman–Crippen MR) is 144 cm³/mol. The van der Waals surface area contributed by atoms with Crippen molar-refractivity contribution in [2.24, 2.45) is 5.92 Å². The summed E-state index contributed by atoms with van der Waals surface area (Å²) in [6, 6.07) is 12.5. The maximum absolute atomic E-state index is 2.61. The minimum absolute atomic E-state index is 0.436. The van der Waals surface area contributed by atoms with Crippen LogP contribution in [0.25, 0.3) is 16.7 Å². The van der Waals surface area contributed by atoms with E-state index in [9.17, 15) is 0 Å². The number of benzene rings is 2. The highest BCUT2D eigenvalue weighted by atomic mass is 15.1. The quantitative estimate of drug-likeness (QED) is 0.451. The first-order valence-electron chi connectivity index (χ1n) is 12.8. The van der Waals surface area contributed by atoms with Crippen molar-refractivity contribution >= 4 is 5.57 Å². The van der Waals surface area contributed by atoms with Crippen molar-refractivity contribution in [2.75, 3.05) is 7.05 Å². The van der Waals surface area contributed by atoms with E-state index < -0.39 is 0 Å². The summed E-state index contributed by atoms with van der Waals surface area (Å²) in [6.07, 6.45) is 16.2. The van der Waals surface area contributed by atoms with Gasteiger partial charge < -0.3 is 0 Å². The van der Waals surface area contributed by atoms with Gasteiger partial charge in [0.15, 0.2) is 0 Å². The smallest absolute Gasteiger partial charge is 0.0236 e. The van der Waals surface area contributed by atoms with Gasteiger partial charge in [-0.3, -0.25) is 4.90 Å². The molecule has 0 radical (unpaired) electrons. The van der Waals surface area contributed by atoms with Crippen LogP contribution in [0.15, 0.2) is 60.2 Å². The van der Waals surface area contributed by atoms with Gasteiger partial charge in [-0.05, 0) is 99.0 Å². The van der Waals surface area contributed by atoms with Gasteiger partial charge in [0.1, 0.15) is 0 Å².